The van der Waals surface area contributed by atoms with Crippen LogP contribution in [0.25, 0.3) is 15.9 Å². The molecule has 2 aromatic carbocycles. The maximum atomic E-state index is 13.3. The van der Waals surface area contributed by atoms with Gasteiger partial charge in [0.05, 0.1) is 11.2 Å². The molecule has 4 rings (SSSR count). The summed E-state index contributed by atoms with van der Waals surface area (Å²) in [5, 5.41) is 5.08. The van der Waals surface area contributed by atoms with E-state index in [1.54, 1.807) is 54.8 Å². The summed E-state index contributed by atoms with van der Waals surface area (Å²) in [7, 11) is 0. The highest BCUT2D eigenvalue weighted by molar-refractivity contribution is 7.17. The predicted molar refractivity (Wildman–Crippen MR) is 121 cm³/mol. The second-order valence-corrected chi connectivity index (χ2v) is 8.27. The third kappa shape index (κ3) is 3.58. The molecule has 0 atom stereocenters. The third-order valence-electron chi connectivity index (χ3n) is 4.86. The Hall–Kier alpha value is -3.16. The number of hydrogen-bond acceptors (Lipinski definition) is 4. The van der Waals surface area contributed by atoms with Crippen molar-refractivity contribution in [3.05, 3.63) is 90.9 Å². The molecule has 1 amide bonds. The first-order chi connectivity index (χ1) is 14.4. The zero-order valence-corrected chi connectivity index (χ0v) is 17.9. The van der Waals surface area contributed by atoms with Gasteiger partial charge in [0.15, 0.2) is 0 Å². The van der Waals surface area contributed by atoms with E-state index >= 15 is 0 Å². The van der Waals surface area contributed by atoms with Crippen molar-refractivity contribution in [2.75, 3.05) is 5.32 Å². The Bertz CT molecular complexity index is 1400. The Morgan fingerprint density at radius 3 is 2.63 bits per heavy atom. The Balaban J connectivity index is 1.80. The molecule has 0 saturated carbocycles. The molecule has 0 saturated heterocycles. The van der Waals surface area contributed by atoms with Crippen molar-refractivity contribution in [2.45, 2.75) is 20.4 Å². The highest BCUT2D eigenvalue weighted by Crippen LogP contribution is 2.23. The predicted octanol–water partition coefficient (Wildman–Crippen LogP) is 4.12. The zero-order chi connectivity index (χ0) is 21.4. The van der Waals surface area contributed by atoms with Gasteiger partial charge in [-0.05, 0) is 60.7 Å². The van der Waals surface area contributed by atoms with Crippen LogP contribution in [0.1, 0.15) is 11.1 Å². The van der Waals surface area contributed by atoms with Crippen LogP contribution in [0.4, 0.5) is 5.69 Å². The average Bonchev–Trinajstić information content (AvgIpc) is 3.19. The average molecular weight is 440 g/mol. The van der Waals surface area contributed by atoms with Crippen molar-refractivity contribution in [1.82, 2.24) is 9.13 Å². The minimum atomic E-state index is -0.561. The molecule has 4 aromatic rings. The Kier molecular flexibility index (Phi) is 5.32. The number of carbonyl (C=O) groups excluding carboxylic acids is 1. The molecule has 30 heavy (non-hydrogen) atoms. The maximum Gasteiger partial charge on any atom is 0.336 e. The fourth-order valence-electron chi connectivity index (χ4n) is 3.31. The number of rotatable bonds is 4. The third-order valence-corrected chi connectivity index (χ3v) is 6.16. The van der Waals surface area contributed by atoms with Crippen LogP contribution in [0.15, 0.2) is 63.5 Å². The van der Waals surface area contributed by atoms with Crippen molar-refractivity contribution >= 4 is 44.7 Å². The minimum absolute atomic E-state index is 0.232. The van der Waals surface area contributed by atoms with E-state index in [4.69, 9.17) is 11.6 Å². The molecule has 0 aliphatic carbocycles. The number of aryl methyl sites for hydroxylation is 1. The van der Waals surface area contributed by atoms with Gasteiger partial charge in [-0.3, -0.25) is 14.2 Å². The van der Waals surface area contributed by atoms with Crippen molar-refractivity contribution < 1.29 is 4.79 Å². The lowest BCUT2D eigenvalue weighted by Gasteiger charge is -2.14. The first-order valence-corrected chi connectivity index (χ1v) is 10.5. The molecule has 0 aliphatic heterocycles. The van der Waals surface area contributed by atoms with Gasteiger partial charge in [-0.2, -0.15) is 0 Å². The highest BCUT2D eigenvalue weighted by atomic mass is 35.5. The van der Waals surface area contributed by atoms with Gasteiger partial charge in [0.2, 0.25) is 5.91 Å². The zero-order valence-electron chi connectivity index (χ0n) is 16.3. The number of benzene rings is 2. The summed E-state index contributed by atoms with van der Waals surface area (Å²) in [5.41, 5.74) is 2.20. The van der Waals surface area contributed by atoms with Crippen LogP contribution < -0.4 is 16.6 Å². The monoisotopic (exact) mass is 439 g/mol. The molecule has 0 aliphatic rings. The number of nitrogens with one attached hydrogen (secondary N) is 1. The summed E-state index contributed by atoms with van der Waals surface area (Å²) in [6.45, 7) is 3.46. The van der Waals surface area contributed by atoms with E-state index in [9.17, 15) is 14.4 Å². The number of anilines is 1. The van der Waals surface area contributed by atoms with Crippen LogP contribution in [0, 0.1) is 13.8 Å². The lowest BCUT2D eigenvalue weighted by molar-refractivity contribution is -0.116. The number of hydrogen-bond donors (Lipinski definition) is 1. The van der Waals surface area contributed by atoms with E-state index < -0.39 is 11.2 Å². The number of fused-ring (bicyclic) bond motifs is 1. The summed E-state index contributed by atoms with van der Waals surface area (Å²) in [6.07, 6.45) is 0. The molecule has 8 heteroatoms. The largest absolute Gasteiger partial charge is 0.336 e. The Morgan fingerprint density at radius 1 is 1.10 bits per heavy atom. The van der Waals surface area contributed by atoms with Gasteiger partial charge >= 0.3 is 5.69 Å². The van der Waals surface area contributed by atoms with Crippen LogP contribution in [-0.4, -0.2) is 15.0 Å². The molecular formula is C22H18ClN3O3S. The molecule has 152 valence electrons. The first kappa shape index (κ1) is 20.1. The van der Waals surface area contributed by atoms with E-state index in [0.29, 0.717) is 26.6 Å². The molecule has 1 N–H and O–H groups in total. The maximum absolute atomic E-state index is 13.3. The Morgan fingerprint density at radius 2 is 1.87 bits per heavy atom. The molecule has 6 nitrogen and oxygen atoms in total. The number of amides is 1. The quantitative estimate of drug-likeness (QED) is 0.519. The Labute approximate surface area is 181 Å². The van der Waals surface area contributed by atoms with Gasteiger partial charge in [0.1, 0.15) is 11.2 Å². The fraction of sp³-hybridized carbons (Fsp3) is 0.136. The van der Waals surface area contributed by atoms with Crippen LogP contribution >= 0.6 is 22.9 Å². The van der Waals surface area contributed by atoms with Crippen LogP contribution in [0.2, 0.25) is 5.02 Å². The van der Waals surface area contributed by atoms with Gasteiger partial charge in [0, 0.05) is 10.7 Å². The van der Waals surface area contributed by atoms with Crippen molar-refractivity contribution in [3.8, 4) is 5.69 Å². The number of halogens is 1. The molecule has 0 unspecified atom stereocenters. The van der Waals surface area contributed by atoms with Gasteiger partial charge in [0.25, 0.3) is 5.56 Å². The fourth-order valence-corrected chi connectivity index (χ4v) is 4.31. The second-order valence-electron chi connectivity index (χ2n) is 6.94. The van der Waals surface area contributed by atoms with E-state index in [1.807, 2.05) is 13.0 Å². The minimum Gasteiger partial charge on any atom is -0.324 e. The lowest BCUT2D eigenvalue weighted by Crippen LogP contribution is -2.40. The van der Waals surface area contributed by atoms with Crippen molar-refractivity contribution in [3.63, 3.8) is 0 Å². The first-order valence-electron chi connectivity index (χ1n) is 9.22. The van der Waals surface area contributed by atoms with Crippen LogP contribution in [0.5, 0.6) is 0 Å². The van der Waals surface area contributed by atoms with Crippen LogP contribution in [0.3, 0.4) is 0 Å². The topological polar surface area (TPSA) is 73.1 Å². The summed E-state index contributed by atoms with van der Waals surface area (Å²) in [4.78, 5) is 39.0. The van der Waals surface area contributed by atoms with E-state index in [0.717, 1.165) is 15.7 Å². The molecule has 0 bridgehead atoms. The molecule has 0 spiro atoms. The van der Waals surface area contributed by atoms with Crippen LogP contribution in [-0.2, 0) is 11.3 Å². The standard InChI is InChI=1S/C22H18ClN3O3S/c1-13-5-3-6-15(11-13)26-21(28)20-18(9-10-30-20)25(22(26)29)12-19(27)24-17-8-4-7-16(23)14(17)2/h3-11H,12H2,1-2H3,(H,24,27). The van der Waals surface area contributed by atoms with Crippen molar-refractivity contribution in [1.29, 1.82) is 0 Å². The number of aromatic nitrogens is 2. The van der Waals surface area contributed by atoms with Crippen molar-refractivity contribution in [2.24, 2.45) is 0 Å². The second kappa shape index (κ2) is 7.93. The summed E-state index contributed by atoms with van der Waals surface area (Å²) in [5.74, 6) is -0.385. The molecule has 0 radical (unpaired) electrons. The van der Waals surface area contributed by atoms with Gasteiger partial charge in [-0.15, -0.1) is 11.3 Å². The number of thiophene rings is 1. The summed E-state index contributed by atoms with van der Waals surface area (Å²) in [6, 6.07) is 14.1. The smallest absolute Gasteiger partial charge is 0.324 e. The molecule has 0 fully saturated rings. The number of carbonyl (C=O) groups is 1. The van der Waals surface area contributed by atoms with E-state index in [2.05, 4.69) is 5.32 Å². The highest BCUT2D eigenvalue weighted by Gasteiger charge is 2.18. The van der Waals surface area contributed by atoms with E-state index in [1.165, 1.54) is 15.9 Å². The molecule has 2 aromatic heterocycles. The van der Waals surface area contributed by atoms with E-state index in [-0.39, 0.29) is 12.5 Å². The van der Waals surface area contributed by atoms with Gasteiger partial charge in [-0.25, -0.2) is 9.36 Å². The summed E-state index contributed by atoms with van der Waals surface area (Å²) < 4.78 is 2.86. The number of nitrogens with zero attached hydrogens (tertiary/aromatic N) is 2. The SMILES string of the molecule is Cc1cccc(-n2c(=O)c3sccc3n(CC(=O)Nc3cccc(Cl)c3C)c2=O)c1. The van der Waals surface area contributed by atoms with Gasteiger partial charge < -0.3 is 5.32 Å². The molecular weight excluding hydrogens is 422 g/mol. The lowest BCUT2D eigenvalue weighted by atomic mass is 10.2. The normalized spacial score (nSPS) is 11.0. The molecule has 2 heterocycles. The van der Waals surface area contributed by atoms with Gasteiger partial charge in [-0.1, -0.05) is 29.8 Å². The summed E-state index contributed by atoms with van der Waals surface area (Å²) >= 11 is 7.36.